The van der Waals surface area contributed by atoms with Gasteiger partial charge >= 0.3 is 5.97 Å². The Labute approximate surface area is 90.8 Å². The lowest BCUT2D eigenvalue weighted by molar-refractivity contribution is -0.137. The Bertz CT molecular complexity index is 252. The van der Waals surface area contributed by atoms with Crippen LogP contribution in [0.5, 0.6) is 0 Å². The minimum absolute atomic E-state index is 0.0883. The maximum absolute atomic E-state index is 11.1. The van der Waals surface area contributed by atoms with Crippen LogP contribution in [0.3, 0.4) is 0 Å². The summed E-state index contributed by atoms with van der Waals surface area (Å²) in [6.07, 6.45) is 8.35. The number of carbonyl (C=O) groups is 2. The summed E-state index contributed by atoms with van der Waals surface area (Å²) in [7, 11) is 0. The largest absolute Gasteiger partial charge is 0.463 e. The molecule has 0 atom stereocenters. The first kappa shape index (κ1) is 13.6. The molecule has 0 aromatic heterocycles. The number of hydrogen-bond donors (Lipinski definition) is 0. The molecule has 0 N–H and O–H groups in total. The zero-order valence-corrected chi connectivity index (χ0v) is 9.36. The van der Waals surface area contributed by atoms with Gasteiger partial charge in [-0.05, 0) is 19.4 Å². The van der Waals surface area contributed by atoms with E-state index in [1.54, 1.807) is 13.0 Å². The van der Waals surface area contributed by atoms with Gasteiger partial charge in [-0.3, -0.25) is 4.79 Å². The lowest BCUT2D eigenvalue weighted by Gasteiger charge is -1.92. The van der Waals surface area contributed by atoms with Crippen LogP contribution in [0.25, 0.3) is 0 Å². The maximum Gasteiger partial charge on any atom is 0.330 e. The van der Waals surface area contributed by atoms with Crippen LogP contribution in [-0.2, 0) is 14.3 Å². The van der Waals surface area contributed by atoms with Gasteiger partial charge in [0.05, 0.1) is 6.61 Å². The van der Waals surface area contributed by atoms with Crippen molar-refractivity contribution in [2.45, 2.75) is 33.1 Å². The van der Waals surface area contributed by atoms with E-state index in [4.69, 9.17) is 0 Å². The summed E-state index contributed by atoms with van der Waals surface area (Å²) in [6.45, 7) is 4.15. The van der Waals surface area contributed by atoms with Crippen molar-refractivity contribution in [3.05, 3.63) is 24.3 Å². The summed E-state index contributed by atoms with van der Waals surface area (Å²) in [5, 5.41) is 0. The van der Waals surface area contributed by atoms with E-state index < -0.39 is 0 Å². The molecule has 0 unspecified atom stereocenters. The molecule has 15 heavy (non-hydrogen) atoms. The maximum atomic E-state index is 11.1. The molecule has 0 saturated heterocycles. The molecule has 0 rings (SSSR count). The molecule has 0 bridgehead atoms. The molecule has 0 saturated carbocycles. The van der Waals surface area contributed by atoms with Gasteiger partial charge in [0.1, 0.15) is 0 Å². The van der Waals surface area contributed by atoms with Crippen molar-refractivity contribution in [2.75, 3.05) is 6.61 Å². The second-order valence-corrected chi connectivity index (χ2v) is 3.04. The Morgan fingerprint density at radius 2 is 1.80 bits per heavy atom. The van der Waals surface area contributed by atoms with Crippen LogP contribution >= 0.6 is 0 Å². The van der Waals surface area contributed by atoms with Gasteiger partial charge in [-0.25, -0.2) is 4.79 Å². The predicted octanol–water partition coefficient (Wildman–Crippen LogP) is 2.42. The summed E-state index contributed by atoms with van der Waals surface area (Å²) >= 11 is 0. The highest BCUT2D eigenvalue weighted by Crippen LogP contribution is 1.96. The molecule has 3 heteroatoms. The van der Waals surface area contributed by atoms with E-state index in [9.17, 15) is 9.59 Å². The van der Waals surface area contributed by atoms with Crippen molar-refractivity contribution >= 4 is 11.8 Å². The molecule has 0 aromatic rings. The van der Waals surface area contributed by atoms with Gasteiger partial charge in [0.15, 0.2) is 5.78 Å². The smallest absolute Gasteiger partial charge is 0.330 e. The SMILES string of the molecule is CCCCC(=O)C=CC=CC(=O)OCC. The second-order valence-electron chi connectivity index (χ2n) is 3.04. The van der Waals surface area contributed by atoms with Gasteiger partial charge in [0, 0.05) is 12.5 Å². The zero-order valence-electron chi connectivity index (χ0n) is 9.36. The van der Waals surface area contributed by atoms with Crippen LogP contribution in [0.2, 0.25) is 0 Å². The summed E-state index contributed by atoms with van der Waals surface area (Å²) in [6, 6.07) is 0. The molecule has 0 aliphatic carbocycles. The average molecular weight is 210 g/mol. The van der Waals surface area contributed by atoms with Crippen molar-refractivity contribution in [3.8, 4) is 0 Å². The van der Waals surface area contributed by atoms with Gasteiger partial charge < -0.3 is 4.74 Å². The van der Waals surface area contributed by atoms with Gasteiger partial charge in [0.2, 0.25) is 0 Å². The molecular formula is C12H18O3. The summed E-state index contributed by atoms with van der Waals surface area (Å²) in [4.78, 5) is 22.0. The lowest BCUT2D eigenvalue weighted by Crippen LogP contribution is -1.98. The van der Waals surface area contributed by atoms with Crippen molar-refractivity contribution in [1.82, 2.24) is 0 Å². The Balaban J connectivity index is 3.77. The minimum atomic E-state index is -0.386. The molecule has 0 aliphatic rings. The number of ketones is 1. The zero-order chi connectivity index (χ0) is 11.5. The van der Waals surface area contributed by atoms with Crippen LogP contribution in [0.4, 0.5) is 0 Å². The molecule has 84 valence electrons. The molecule has 0 amide bonds. The number of esters is 1. The Morgan fingerprint density at radius 3 is 2.40 bits per heavy atom. The Morgan fingerprint density at radius 1 is 1.13 bits per heavy atom. The standard InChI is InChI=1S/C12H18O3/c1-3-5-8-11(13)9-6-7-10-12(14)15-4-2/h6-7,9-10H,3-5,8H2,1-2H3. The highest BCUT2D eigenvalue weighted by atomic mass is 16.5. The van der Waals surface area contributed by atoms with Crippen LogP contribution in [0.1, 0.15) is 33.1 Å². The van der Waals surface area contributed by atoms with E-state index in [-0.39, 0.29) is 11.8 Å². The quantitative estimate of drug-likeness (QED) is 0.368. The van der Waals surface area contributed by atoms with E-state index in [0.29, 0.717) is 13.0 Å². The van der Waals surface area contributed by atoms with Crippen LogP contribution < -0.4 is 0 Å². The van der Waals surface area contributed by atoms with Crippen molar-refractivity contribution in [1.29, 1.82) is 0 Å². The normalized spacial score (nSPS) is 11.1. The number of rotatable bonds is 7. The summed E-state index contributed by atoms with van der Waals surface area (Å²) in [5.41, 5.74) is 0. The number of hydrogen-bond acceptors (Lipinski definition) is 3. The first-order valence-electron chi connectivity index (χ1n) is 5.25. The Kier molecular flexibility index (Phi) is 8.34. The monoisotopic (exact) mass is 210 g/mol. The van der Waals surface area contributed by atoms with E-state index in [0.717, 1.165) is 12.8 Å². The van der Waals surface area contributed by atoms with Crippen LogP contribution in [0, 0.1) is 0 Å². The van der Waals surface area contributed by atoms with Crippen molar-refractivity contribution < 1.29 is 14.3 Å². The average Bonchev–Trinajstić information content (AvgIpc) is 2.22. The van der Waals surface area contributed by atoms with E-state index >= 15 is 0 Å². The first-order valence-corrected chi connectivity index (χ1v) is 5.25. The molecule has 0 aliphatic heterocycles. The molecule has 0 spiro atoms. The van der Waals surface area contributed by atoms with E-state index in [1.165, 1.54) is 18.2 Å². The molecule has 0 fully saturated rings. The molecule has 0 heterocycles. The lowest BCUT2D eigenvalue weighted by atomic mass is 10.2. The van der Waals surface area contributed by atoms with E-state index in [2.05, 4.69) is 4.74 Å². The van der Waals surface area contributed by atoms with Crippen molar-refractivity contribution in [3.63, 3.8) is 0 Å². The number of ether oxygens (including phenoxy) is 1. The minimum Gasteiger partial charge on any atom is -0.463 e. The van der Waals surface area contributed by atoms with Gasteiger partial charge in [-0.1, -0.05) is 25.5 Å². The topological polar surface area (TPSA) is 43.4 Å². The predicted molar refractivity (Wildman–Crippen MR) is 59.4 cm³/mol. The van der Waals surface area contributed by atoms with Gasteiger partial charge in [0.25, 0.3) is 0 Å². The summed E-state index contributed by atoms with van der Waals surface area (Å²) in [5.74, 6) is -0.298. The fourth-order valence-corrected chi connectivity index (χ4v) is 0.922. The third-order valence-electron chi connectivity index (χ3n) is 1.69. The second kappa shape index (κ2) is 9.19. The van der Waals surface area contributed by atoms with Crippen LogP contribution in [0.15, 0.2) is 24.3 Å². The Hall–Kier alpha value is -1.38. The number of carbonyl (C=O) groups excluding carboxylic acids is 2. The molecule has 3 nitrogen and oxygen atoms in total. The van der Waals surface area contributed by atoms with E-state index in [1.807, 2.05) is 6.92 Å². The van der Waals surface area contributed by atoms with Crippen molar-refractivity contribution in [2.24, 2.45) is 0 Å². The fourth-order valence-electron chi connectivity index (χ4n) is 0.922. The van der Waals surface area contributed by atoms with Gasteiger partial charge in [-0.15, -0.1) is 0 Å². The number of allylic oxidation sites excluding steroid dienone is 3. The van der Waals surface area contributed by atoms with Gasteiger partial charge in [-0.2, -0.15) is 0 Å². The molecular weight excluding hydrogens is 192 g/mol. The molecule has 0 radical (unpaired) electrons. The fraction of sp³-hybridized carbons (Fsp3) is 0.500. The highest BCUT2D eigenvalue weighted by Gasteiger charge is 1.94. The highest BCUT2D eigenvalue weighted by molar-refractivity contribution is 5.90. The third kappa shape index (κ3) is 8.94. The van der Waals surface area contributed by atoms with Crippen LogP contribution in [-0.4, -0.2) is 18.4 Å². The molecule has 0 aromatic carbocycles. The summed E-state index contributed by atoms with van der Waals surface area (Å²) < 4.78 is 4.67. The first-order chi connectivity index (χ1) is 7.20. The number of unbranched alkanes of at least 4 members (excludes halogenated alkanes) is 1. The third-order valence-corrected chi connectivity index (χ3v) is 1.69.